The fourth-order valence-electron chi connectivity index (χ4n) is 2.74. The summed E-state index contributed by atoms with van der Waals surface area (Å²) >= 11 is 0. The minimum atomic E-state index is -0.628. The molecule has 1 aromatic rings. The van der Waals surface area contributed by atoms with Crippen LogP contribution >= 0.6 is 0 Å². The van der Waals surface area contributed by atoms with E-state index in [0.29, 0.717) is 5.82 Å². The fraction of sp³-hybridized carbons (Fsp3) is 0.571. The molecule has 2 N–H and O–H groups in total. The van der Waals surface area contributed by atoms with Crippen LogP contribution in [-0.2, 0) is 28.9 Å². The number of ether oxygens (including phenoxy) is 1. The van der Waals surface area contributed by atoms with Gasteiger partial charge in [-0.05, 0) is 38.2 Å². The summed E-state index contributed by atoms with van der Waals surface area (Å²) in [5.74, 6) is 0.339. The molecule has 3 rings (SSSR count). The molecule has 1 aliphatic carbocycles. The maximum Gasteiger partial charge on any atom is 0.407 e. The van der Waals surface area contributed by atoms with Gasteiger partial charge in [-0.15, -0.1) is 0 Å². The number of alkyl carbamates (subject to hydrolysis) is 1. The molecule has 0 spiro atoms. The lowest BCUT2D eigenvalue weighted by molar-refractivity contribution is -0.123. The van der Waals surface area contributed by atoms with Crippen LogP contribution in [0.3, 0.4) is 0 Å². The predicted molar refractivity (Wildman–Crippen MR) is 73.5 cm³/mol. The van der Waals surface area contributed by atoms with E-state index < -0.39 is 12.1 Å². The topological polar surface area (TPSA) is 93.2 Å². The van der Waals surface area contributed by atoms with E-state index in [2.05, 4.69) is 20.6 Å². The summed E-state index contributed by atoms with van der Waals surface area (Å²) < 4.78 is 4.69. The Hall–Kier alpha value is -2.18. The van der Waals surface area contributed by atoms with E-state index in [1.807, 2.05) is 6.92 Å². The van der Waals surface area contributed by atoms with Gasteiger partial charge in [-0.3, -0.25) is 4.79 Å². The van der Waals surface area contributed by atoms with Crippen molar-refractivity contribution in [1.82, 2.24) is 20.6 Å². The Bertz CT molecular complexity index is 588. The number of carbonyl (C=O) groups excluding carboxylic acids is 2. The number of cyclic esters (lactones) is 1. The smallest absolute Gasteiger partial charge is 0.407 e. The number of aromatic nitrogens is 2. The molecule has 0 unspecified atom stereocenters. The van der Waals surface area contributed by atoms with Crippen LogP contribution < -0.4 is 10.6 Å². The Morgan fingerprint density at radius 3 is 2.95 bits per heavy atom. The van der Waals surface area contributed by atoms with Gasteiger partial charge in [0.15, 0.2) is 0 Å². The van der Waals surface area contributed by atoms with E-state index in [1.165, 1.54) is 12.0 Å². The summed E-state index contributed by atoms with van der Waals surface area (Å²) in [5, 5.41) is 5.17. The molecular weight excluding hydrogens is 272 g/mol. The van der Waals surface area contributed by atoms with Crippen molar-refractivity contribution in [2.75, 3.05) is 6.61 Å². The maximum absolute atomic E-state index is 11.9. The Balaban J connectivity index is 1.64. The van der Waals surface area contributed by atoms with Crippen molar-refractivity contribution in [2.45, 2.75) is 45.2 Å². The first kappa shape index (κ1) is 13.8. The van der Waals surface area contributed by atoms with Gasteiger partial charge in [-0.2, -0.15) is 0 Å². The van der Waals surface area contributed by atoms with Crippen molar-refractivity contribution in [3.63, 3.8) is 0 Å². The van der Waals surface area contributed by atoms with E-state index in [4.69, 9.17) is 4.74 Å². The second-order valence-corrected chi connectivity index (χ2v) is 5.37. The third-order valence-corrected chi connectivity index (χ3v) is 3.85. The molecule has 7 nitrogen and oxygen atoms in total. The van der Waals surface area contributed by atoms with Gasteiger partial charge in [0.2, 0.25) is 5.91 Å². The molecule has 0 radical (unpaired) electrons. The van der Waals surface area contributed by atoms with E-state index in [0.717, 1.165) is 30.7 Å². The zero-order chi connectivity index (χ0) is 14.8. The normalized spacial score (nSPS) is 20.4. The van der Waals surface area contributed by atoms with Crippen LogP contribution in [-0.4, -0.2) is 34.6 Å². The number of aryl methyl sites for hydroxylation is 2. The monoisotopic (exact) mass is 290 g/mol. The van der Waals surface area contributed by atoms with Crippen molar-refractivity contribution >= 4 is 12.0 Å². The number of hydrogen-bond donors (Lipinski definition) is 2. The molecule has 0 aromatic carbocycles. The van der Waals surface area contributed by atoms with Crippen molar-refractivity contribution in [2.24, 2.45) is 0 Å². The molecule has 7 heteroatoms. The Kier molecular flexibility index (Phi) is 3.72. The van der Waals surface area contributed by atoms with Crippen LogP contribution in [0.25, 0.3) is 0 Å². The molecular formula is C14H18N4O3. The van der Waals surface area contributed by atoms with Gasteiger partial charge in [0, 0.05) is 11.4 Å². The molecule has 1 aromatic heterocycles. The number of nitrogens with one attached hydrogen (secondary N) is 2. The molecule has 0 bridgehead atoms. The second kappa shape index (κ2) is 5.67. The molecule has 1 saturated heterocycles. The van der Waals surface area contributed by atoms with Crippen molar-refractivity contribution < 1.29 is 14.3 Å². The molecule has 112 valence electrons. The first-order valence-corrected chi connectivity index (χ1v) is 7.20. The lowest BCUT2D eigenvalue weighted by Crippen LogP contribution is -2.42. The molecule has 21 heavy (non-hydrogen) atoms. The van der Waals surface area contributed by atoms with Crippen LogP contribution in [0.5, 0.6) is 0 Å². The lowest BCUT2D eigenvalue weighted by atomic mass is 9.95. The SMILES string of the molecule is Cc1nc(CNC(=O)[C@@H]2COC(=O)N2)nc2c1CCCC2. The minimum Gasteiger partial charge on any atom is -0.447 e. The van der Waals surface area contributed by atoms with Gasteiger partial charge < -0.3 is 15.4 Å². The average molecular weight is 290 g/mol. The summed E-state index contributed by atoms with van der Waals surface area (Å²) in [6, 6.07) is -0.628. The first-order valence-electron chi connectivity index (χ1n) is 7.20. The molecule has 2 heterocycles. The number of hydrogen-bond acceptors (Lipinski definition) is 5. The van der Waals surface area contributed by atoms with Crippen LogP contribution in [0.2, 0.25) is 0 Å². The van der Waals surface area contributed by atoms with Crippen LogP contribution in [0.1, 0.15) is 35.6 Å². The highest BCUT2D eigenvalue weighted by Gasteiger charge is 2.28. The van der Waals surface area contributed by atoms with Crippen LogP contribution in [0.4, 0.5) is 4.79 Å². The van der Waals surface area contributed by atoms with Gasteiger partial charge in [0.1, 0.15) is 18.5 Å². The van der Waals surface area contributed by atoms with E-state index in [-0.39, 0.29) is 19.1 Å². The summed E-state index contributed by atoms with van der Waals surface area (Å²) in [6.07, 6.45) is 3.80. The van der Waals surface area contributed by atoms with Gasteiger partial charge in [-0.1, -0.05) is 0 Å². The number of carbonyl (C=O) groups is 2. The van der Waals surface area contributed by atoms with E-state index in [9.17, 15) is 9.59 Å². The van der Waals surface area contributed by atoms with Gasteiger partial charge in [0.05, 0.1) is 6.54 Å². The standard InChI is InChI=1S/C14H18N4O3/c1-8-9-4-2-3-5-10(9)17-12(16-8)6-15-13(19)11-7-21-14(20)18-11/h11H,2-7H2,1H3,(H,15,19)(H,18,20)/t11-/m0/s1. The number of nitrogens with zero attached hydrogens (tertiary/aromatic N) is 2. The fourth-order valence-corrected chi connectivity index (χ4v) is 2.74. The third kappa shape index (κ3) is 2.96. The summed E-state index contributed by atoms with van der Waals surface area (Å²) in [7, 11) is 0. The Labute approximate surface area is 122 Å². The highest BCUT2D eigenvalue weighted by Crippen LogP contribution is 2.21. The first-order chi connectivity index (χ1) is 10.1. The average Bonchev–Trinajstić information content (AvgIpc) is 2.91. The van der Waals surface area contributed by atoms with Crippen molar-refractivity contribution in [3.05, 3.63) is 22.8 Å². The zero-order valence-electron chi connectivity index (χ0n) is 11.9. The Morgan fingerprint density at radius 2 is 2.19 bits per heavy atom. The van der Waals surface area contributed by atoms with Gasteiger partial charge in [0.25, 0.3) is 0 Å². The van der Waals surface area contributed by atoms with Crippen LogP contribution in [0.15, 0.2) is 0 Å². The highest BCUT2D eigenvalue weighted by atomic mass is 16.6. The molecule has 1 fully saturated rings. The summed E-state index contributed by atoms with van der Waals surface area (Å²) in [6.45, 7) is 2.32. The largest absolute Gasteiger partial charge is 0.447 e. The van der Waals surface area contributed by atoms with Crippen molar-refractivity contribution in [3.8, 4) is 0 Å². The molecule has 1 atom stereocenters. The van der Waals surface area contributed by atoms with E-state index in [1.54, 1.807) is 0 Å². The molecule has 1 aliphatic heterocycles. The minimum absolute atomic E-state index is 0.0642. The third-order valence-electron chi connectivity index (χ3n) is 3.85. The number of amides is 2. The zero-order valence-corrected chi connectivity index (χ0v) is 11.9. The van der Waals surface area contributed by atoms with E-state index >= 15 is 0 Å². The van der Waals surface area contributed by atoms with Crippen LogP contribution in [0, 0.1) is 6.92 Å². The quantitative estimate of drug-likeness (QED) is 0.840. The Morgan fingerprint density at radius 1 is 1.38 bits per heavy atom. The lowest BCUT2D eigenvalue weighted by Gasteiger charge is -2.17. The van der Waals surface area contributed by atoms with Gasteiger partial charge in [-0.25, -0.2) is 14.8 Å². The highest BCUT2D eigenvalue weighted by molar-refractivity contribution is 5.87. The number of rotatable bonds is 3. The number of fused-ring (bicyclic) bond motifs is 1. The van der Waals surface area contributed by atoms with Gasteiger partial charge >= 0.3 is 6.09 Å². The summed E-state index contributed by atoms with van der Waals surface area (Å²) in [5.41, 5.74) is 3.37. The molecule has 2 aliphatic rings. The second-order valence-electron chi connectivity index (χ2n) is 5.37. The predicted octanol–water partition coefficient (Wildman–Crippen LogP) is 0.388. The molecule has 0 saturated carbocycles. The summed E-state index contributed by atoms with van der Waals surface area (Å²) in [4.78, 5) is 31.8. The maximum atomic E-state index is 11.9. The van der Waals surface area contributed by atoms with Crippen molar-refractivity contribution in [1.29, 1.82) is 0 Å². The molecule has 2 amide bonds.